The zero-order chi connectivity index (χ0) is 9.90. The first-order valence-corrected chi connectivity index (χ1v) is 6.21. The van der Waals surface area contributed by atoms with E-state index in [0.717, 1.165) is 19.2 Å². The summed E-state index contributed by atoms with van der Waals surface area (Å²) in [5.41, 5.74) is 0. The van der Waals surface area contributed by atoms with Crippen LogP contribution in [-0.2, 0) is 10.0 Å². The lowest BCUT2D eigenvalue weighted by Gasteiger charge is -2.14. The molecular formula is C7H16N2O3S. The van der Waals surface area contributed by atoms with Gasteiger partial charge in [0.05, 0.1) is 12.4 Å². The minimum Gasteiger partial charge on any atom is -0.392 e. The summed E-state index contributed by atoms with van der Waals surface area (Å²) in [4.78, 5) is 2.04. The van der Waals surface area contributed by atoms with Crippen molar-refractivity contribution in [2.75, 3.05) is 32.4 Å². The molecule has 0 aliphatic carbocycles. The van der Waals surface area contributed by atoms with Crippen molar-refractivity contribution in [1.82, 2.24) is 9.62 Å². The van der Waals surface area contributed by atoms with E-state index in [1.807, 2.05) is 4.90 Å². The Morgan fingerprint density at radius 2 is 2.31 bits per heavy atom. The summed E-state index contributed by atoms with van der Waals surface area (Å²) < 4.78 is 23.8. The number of likely N-dealkylation sites (tertiary alicyclic amines) is 1. The molecule has 1 heterocycles. The summed E-state index contributed by atoms with van der Waals surface area (Å²) >= 11 is 0. The molecule has 1 rings (SSSR count). The van der Waals surface area contributed by atoms with Gasteiger partial charge in [0.25, 0.3) is 0 Å². The zero-order valence-corrected chi connectivity index (χ0v) is 8.55. The van der Waals surface area contributed by atoms with Gasteiger partial charge in [0, 0.05) is 26.2 Å². The fourth-order valence-electron chi connectivity index (χ4n) is 1.40. The van der Waals surface area contributed by atoms with Crippen LogP contribution in [0.5, 0.6) is 0 Å². The number of aliphatic hydroxyl groups excluding tert-OH is 1. The highest BCUT2D eigenvalue weighted by Crippen LogP contribution is 2.06. The first kappa shape index (κ1) is 10.9. The third-order valence-electron chi connectivity index (χ3n) is 2.04. The second kappa shape index (κ2) is 4.36. The molecule has 1 saturated heterocycles. The van der Waals surface area contributed by atoms with Gasteiger partial charge in [0.1, 0.15) is 0 Å². The average molecular weight is 208 g/mol. The van der Waals surface area contributed by atoms with E-state index in [2.05, 4.69) is 4.72 Å². The number of rotatable bonds is 4. The van der Waals surface area contributed by atoms with E-state index in [0.29, 0.717) is 19.6 Å². The van der Waals surface area contributed by atoms with Crippen LogP contribution in [0.2, 0.25) is 0 Å². The molecule has 1 fully saturated rings. The highest BCUT2D eigenvalue weighted by Gasteiger charge is 2.19. The molecule has 0 radical (unpaired) electrons. The molecule has 2 N–H and O–H groups in total. The Morgan fingerprint density at radius 3 is 2.77 bits per heavy atom. The van der Waals surface area contributed by atoms with Gasteiger partial charge >= 0.3 is 0 Å². The molecule has 0 aromatic rings. The molecule has 1 aliphatic heterocycles. The maximum atomic E-state index is 10.7. The topological polar surface area (TPSA) is 69.6 Å². The summed E-state index contributed by atoms with van der Waals surface area (Å²) in [5, 5.41) is 9.18. The number of β-amino-alcohol motifs (C(OH)–C–C–N with tert-alkyl or cyclic N) is 1. The maximum Gasteiger partial charge on any atom is 0.208 e. The molecule has 6 heteroatoms. The number of nitrogens with one attached hydrogen (secondary N) is 1. The van der Waals surface area contributed by atoms with Gasteiger partial charge in [-0.3, -0.25) is 4.90 Å². The Morgan fingerprint density at radius 1 is 1.62 bits per heavy atom. The highest BCUT2D eigenvalue weighted by molar-refractivity contribution is 7.88. The fraction of sp³-hybridized carbons (Fsp3) is 1.00. The van der Waals surface area contributed by atoms with Crippen LogP contribution in [0.1, 0.15) is 6.42 Å². The van der Waals surface area contributed by atoms with Crippen molar-refractivity contribution < 1.29 is 13.5 Å². The molecule has 5 nitrogen and oxygen atoms in total. The van der Waals surface area contributed by atoms with E-state index in [4.69, 9.17) is 0 Å². The lowest BCUT2D eigenvalue weighted by atomic mass is 10.3. The molecule has 13 heavy (non-hydrogen) atoms. The first-order valence-electron chi connectivity index (χ1n) is 4.32. The Labute approximate surface area is 78.8 Å². The standard InChI is InChI=1S/C7H16N2O3S/c1-13(11,12)8-3-5-9-4-2-7(10)6-9/h7-8,10H,2-6H2,1H3/t7-/m0/s1. The average Bonchev–Trinajstić information content (AvgIpc) is 2.33. The predicted octanol–water partition coefficient (Wildman–Crippen LogP) is -1.40. The lowest BCUT2D eigenvalue weighted by molar-refractivity contribution is 0.177. The SMILES string of the molecule is CS(=O)(=O)NCCN1CC[C@H](O)C1. The van der Waals surface area contributed by atoms with Crippen LogP contribution in [0.15, 0.2) is 0 Å². The Hall–Kier alpha value is -0.170. The second-order valence-electron chi connectivity index (χ2n) is 3.41. The molecule has 0 saturated carbocycles. The lowest BCUT2D eigenvalue weighted by Crippen LogP contribution is -2.33. The summed E-state index contributed by atoms with van der Waals surface area (Å²) in [6.07, 6.45) is 1.70. The molecule has 0 amide bonds. The van der Waals surface area contributed by atoms with Gasteiger partial charge in [-0.1, -0.05) is 0 Å². The molecule has 0 spiro atoms. The van der Waals surface area contributed by atoms with Gasteiger partial charge in [0.2, 0.25) is 10.0 Å². The van der Waals surface area contributed by atoms with Crippen LogP contribution < -0.4 is 4.72 Å². The molecule has 78 valence electrons. The van der Waals surface area contributed by atoms with Crippen molar-refractivity contribution in [2.24, 2.45) is 0 Å². The molecule has 1 aliphatic rings. The normalized spacial score (nSPS) is 25.2. The molecular weight excluding hydrogens is 192 g/mol. The van der Waals surface area contributed by atoms with E-state index < -0.39 is 10.0 Å². The molecule has 1 atom stereocenters. The number of nitrogens with zero attached hydrogens (tertiary/aromatic N) is 1. The molecule has 0 unspecified atom stereocenters. The van der Waals surface area contributed by atoms with Crippen LogP contribution in [0.4, 0.5) is 0 Å². The number of aliphatic hydroxyl groups is 1. The van der Waals surface area contributed by atoms with E-state index in [-0.39, 0.29) is 6.10 Å². The van der Waals surface area contributed by atoms with Crippen LogP contribution in [0.25, 0.3) is 0 Å². The quantitative estimate of drug-likeness (QED) is 0.596. The smallest absolute Gasteiger partial charge is 0.208 e. The Balaban J connectivity index is 2.14. The predicted molar refractivity (Wildman–Crippen MR) is 49.9 cm³/mol. The summed E-state index contributed by atoms with van der Waals surface area (Å²) in [5.74, 6) is 0. The fourth-order valence-corrected chi connectivity index (χ4v) is 1.87. The van der Waals surface area contributed by atoms with Crippen LogP contribution >= 0.6 is 0 Å². The van der Waals surface area contributed by atoms with Crippen LogP contribution in [0, 0.1) is 0 Å². The van der Waals surface area contributed by atoms with Gasteiger partial charge in [-0.15, -0.1) is 0 Å². The maximum absolute atomic E-state index is 10.7. The van der Waals surface area contributed by atoms with Crippen molar-refractivity contribution in [2.45, 2.75) is 12.5 Å². The molecule has 0 aromatic carbocycles. The number of sulfonamides is 1. The Bertz CT molecular complexity index is 252. The number of hydrogen-bond acceptors (Lipinski definition) is 4. The van der Waals surface area contributed by atoms with Gasteiger partial charge in [0.15, 0.2) is 0 Å². The number of hydrogen-bond donors (Lipinski definition) is 2. The summed E-state index contributed by atoms with van der Waals surface area (Å²) in [6, 6.07) is 0. The largest absolute Gasteiger partial charge is 0.392 e. The van der Waals surface area contributed by atoms with Crippen molar-refractivity contribution in [3.63, 3.8) is 0 Å². The van der Waals surface area contributed by atoms with E-state index in [9.17, 15) is 13.5 Å². The van der Waals surface area contributed by atoms with E-state index >= 15 is 0 Å². The summed E-state index contributed by atoms with van der Waals surface area (Å²) in [6.45, 7) is 2.60. The van der Waals surface area contributed by atoms with Gasteiger partial charge in [-0.25, -0.2) is 13.1 Å². The molecule has 0 aromatic heterocycles. The van der Waals surface area contributed by atoms with Gasteiger partial charge in [-0.2, -0.15) is 0 Å². The third-order valence-corrected chi connectivity index (χ3v) is 2.77. The first-order chi connectivity index (χ1) is 5.97. The van der Waals surface area contributed by atoms with E-state index in [1.165, 1.54) is 0 Å². The minimum absolute atomic E-state index is 0.238. The monoisotopic (exact) mass is 208 g/mol. The van der Waals surface area contributed by atoms with Crippen LogP contribution in [0.3, 0.4) is 0 Å². The van der Waals surface area contributed by atoms with E-state index in [1.54, 1.807) is 0 Å². The van der Waals surface area contributed by atoms with Crippen LogP contribution in [-0.4, -0.2) is 57.0 Å². The van der Waals surface area contributed by atoms with Crippen molar-refractivity contribution in [3.8, 4) is 0 Å². The second-order valence-corrected chi connectivity index (χ2v) is 5.24. The Kier molecular flexibility index (Phi) is 3.66. The molecule has 0 bridgehead atoms. The van der Waals surface area contributed by atoms with Gasteiger partial charge < -0.3 is 5.11 Å². The van der Waals surface area contributed by atoms with Crippen molar-refractivity contribution in [1.29, 1.82) is 0 Å². The highest BCUT2D eigenvalue weighted by atomic mass is 32.2. The van der Waals surface area contributed by atoms with Crippen molar-refractivity contribution >= 4 is 10.0 Å². The third kappa shape index (κ3) is 4.56. The van der Waals surface area contributed by atoms with Crippen molar-refractivity contribution in [3.05, 3.63) is 0 Å². The van der Waals surface area contributed by atoms with Gasteiger partial charge in [-0.05, 0) is 6.42 Å². The summed E-state index contributed by atoms with van der Waals surface area (Å²) in [7, 11) is -3.07. The zero-order valence-electron chi connectivity index (χ0n) is 7.73. The minimum atomic E-state index is -3.07.